The maximum Gasteiger partial charge on any atom is 0.168 e. The van der Waals surface area contributed by atoms with E-state index in [0.29, 0.717) is 20.5 Å². The third-order valence-corrected chi connectivity index (χ3v) is 13.0. The van der Waals surface area contributed by atoms with E-state index >= 15 is 0 Å². The molecule has 0 aliphatic heterocycles. The van der Waals surface area contributed by atoms with E-state index in [4.69, 9.17) is 106 Å². The Labute approximate surface area is 399 Å². The number of hydrogen-bond acceptors (Lipinski definition) is 8. The molecule has 0 unspecified atom stereocenters. The first-order valence-electron chi connectivity index (χ1n) is 20.1. The Hall–Kier alpha value is -6.32. The van der Waals surface area contributed by atoms with Crippen LogP contribution in [0.2, 0.25) is 0 Å². The Morgan fingerprint density at radius 3 is 1.68 bits per heavy atom. The number of ether oxygens (including phenoxy) is 1. The number of rotatable bonds is 7. The van der Waals surface area contributed by atoms with Gasteiger partial charge in [0.1, 0.15) is 109 Å². The molecule has 0 fully saturated rings. The number of phenolic OH excluding ortho intramolecular Hbond substituents is 3. The van der Waals surface area contributed by atoms with Crippen LogP contribution in [0.15, 0.2) is 113 Å². The lowest BCUT2D eigenvalue weighted by atomic mass is 9.64. The minimum absolute atomic E-state index is 0.00431. The second-order valence-corrected chi connectivity index (χ2v) is 16.5. The molecule has 2 aromatic heterocycles. The van der Waals surface area contributed by atoms with E-state index in [9.17, 15) is 15.3 Å². The van der Waals surface area contributed by atoms with Crippen LogP contribution >= 0.6 is 11.3 Å². The zero-order chi connectivity index (χ0) is 47.0. The van der Waals surface area contributed by atoms with Gasteiger partial charge >= 0.3 is 0 Å². The van der Waals surface area contributed by atoms with Crippen molar-refractivity contribution in [3.63, 3.8) is 0 Å². The highest BCUT2D eigenvalue weighted by Crippen LogP contribution is 2.44. The molecule has 0 spiro atoms. The van der Waals surface area contributed by atoms with Gasteiger partial charge in [-0.15, -0.1) is 27.8 Å². The molecular formula is C47H22B11N3O4S. The summed E-state index contributed by atoms with van der Waals surface area (Å²) in [5, 5.41) is 35.4. The van der Waals surface area contributed by atoms with Crippen molar-refractivity contribution in [1.29, 1.82) is 0 Å². The van der Waals surface area contributed by atoms with E-state index in [1.807, 2.05) is 78.9 Å². The molecule has 0 atom stereocenters. The topological polar surface area (TPSA) is 109 Å². The van der Waals surface area contributed by atoms with Crippen molar-refractivity contribution in [1.82, 2.24) is 15.0 Å². The molecule has 22 radical (unpaired) electrons. The molecule has 288 valence electrons. The summed E-state index contributed by atoms with van der Waals surface area (Å²) in [5.41, 5.74) is 3.44. The average Bonchev–Trinajstić information content (AvgIpc) is 3.70. The Morgan fingerprint density at radius 2 is 1.03 bits per heavy atom. The van der Waals surface area contributed by atoms with Gasteiger partial charge in [0.25, 0.3) is 0 Å². The average molecular weight is 844 g/mol. The summed E-state index contributed by atoms with van der Waals surface area (Å²) >= 11 is 1.06. The smallest absolute Gasteiger partial charge is 0.168 e. The minimum atomic E-state index is -0.523. The molecule has 0 bridgehead atoms. The van der Waals surface area contributed by atoms with Gasteiger partial charge in [0.15, 0.2) is 17.5 Å². The standard InChI is InChI=1S/C47H22B11N3O4S/c1-65-25-16-23(48)32(51)35(54)33(52)26(25)22-15-24(49)40(62)30(31(22)50)47-60-45(21-14-8-7-13-20(21)19-12-6-5-11-18(19)17-9-3-2-4-10-17)59-46(61-47)29-27-28-34(53)36(55)42(64)39(58)44(28)66-43(27)38(57)37(56)41(29)63/h2-15,62-64H,16H2,1H3. The first-order chi connectivity index (χ1) is 31.5. The third-order valence-electron chi connectivity index (χ3n) is 11.8. The number of methoxy groups -OCH3 is 1. The van der Waals surface area contributed by atoms with Crippen LogP contribution in [0.3, 0.4) is 0 Å². The molecule has 9 rings (SSSR count). The first-order valence-corrected chi connectivity index (χ1v) is 20.9. The van der Waals surface area contributed by atoms with E-state index in [1.165, 1.54) is 13.2 Å². The number of aromatic hydroxyl groups is 3. The van der Waals surface area contributed by atoms with Gasteiger partial charge in [-0.3, -0.25) is 0 Å². The van der Waals surface area contributed by atoms with E-state index in [1.54, 1.807) is 0 Å². The number of thiophene rings is 1. The molecule has 1 aliphatic rings. The Bertz CT molecular complexity index is 3500. The van der Waals surface area contributed by atoms with Gasteiger partial charge in [-0.05, 0) is 38.7 Å². The summed E-state index contributed by atoms with van der Waals surface area (Å²) < 4.78 is 6.41. The van der Waals surface area contributed by atoms with Crippen molar-refractivity contribution in [2.75, 3.05) is 7.11 Å². The molecule has 19 heteroatoms. The van der Waals surface area contributed by atoms with Crippen molar-refractivity contribution in [3.8, 4) is 73.7 Å². The van der Waals surface area contributed by atoms with Gasteiger partial charge in [0.2, 0.25) is 0 Å². The number of hydrogen-bond donors (Lipinski definition) is 3. The van der Waals surface area contributed by atoms with Crippen LogP contribution in [0.25, 0.3) is 82.2 Å². The zero-order valence-electron chi connectivity index (χ0n) is 35.1. The van der Waals surface area contributed by atoms with E-state index in [-0.39, 0.29) is 123 Å². The van der Waals surface area contributed by atoms with E-state index in [0.717, 1.165) is 28.0 Å². The second-order valence-electron chi connectivity index (χ2n) is 15.5. The van der Waals surface area contributed by atoms with Crippen LogP contribution in [0.1, 0.15) is 12.0 Å². The summed E-state index contributed by atoms with van der Waals surface area (Å²) in [7, 11) is 73.2. The van der Waals surface area contributed by atoms with Gasteiger partial charge in [0, 0.05) is 32.3 Å². The maximum atomic E-state index is 12.1. The summed E-state index contributed by atoms with van der Waals surface area (Å²) in [6.45, 7) is 0. The number of phenols is 3. The Kier molecular flexibility index (Phi) is 11.7. The third kappa shape index (κ3) is 7.09. The van der Waals surface area contributed by atoms with E-state index in [2.05, 4.69) is 0 Å². The molecule has 3 N–H and O–H groups in total. The number of nitrogens with zero attached hydrogens (tertiary/aromatic N) is 3. The van der Waals surface area contributed by atoms with Crippen molar-refractivity contribution >= 4 is 162 Å². The van der Waals surface area contributed by atoms with E-state index < -0.39 is 17.2 Å². The summed E-state index contributed by atoms with van der Waals surface area (Å²) in [6.07, 6.45) is -0.00567. The van der Waals surface area contributed by atoms with Crippen molar-refractivity contribution < 1.29 is 20.1 Å². The van der Waals surface area contributed by atoms with Crippen LogP contribution < -0.4 is 38.2 Å². The summed E-state index contributed by atoms with van der Waals surface area (Å²) in [4.78, 5) is 14.9. The SMILES string of the molecule is [B]C1=C([B])C([B])=C([B])C(c2cc([B])c(O)c(-c3nc(-c4ccccc4-c4ccccc4-c4ccccc4)nc(-c4c(O)c([B])c([B])c5sc6c([B])c(O)c([B])c([B])c6c45)n3)c2[B])=C(OC)C1. The lowest BCUT2D eigenvalue weighted by Crippen LogP contribution is -2.31. The Balaban J connectivity index is 1.42. The number of benzene rings is 6. The molecule has 6 aromatic carbocycles. The fourth-order valence-electron chi connectivity index (χ4n) is 8.33. The highest BCUT2D eigenvalue weighted by Gasteiger charge is 2.29. The predicted molar refractivity (Wildman–Crippen MR) is 278 cm³/mol. The minimum Gasteiger partial charge on any atom is -0.509 e. The van der Waals surface area contributed by atoms with Crippen LogP contribution in [-0.2, 0) is 4.74 Å². The molecule has 0 amide bonds. The molecule has 66 heavy (non-hydrogen) atoms. The maximum absolute atomic E-state index is 12.1. The number of aromatic nitrogens is 3. The molecule has 8 aromatic rings. The molecule has 2 heterocycles. The van der Waals surface area contributed by atoms with Gasteiger partial charge in [-0.2, -0.15) is 0 Å². The summed E-state index contributed by atoms with van der Waals surface area (Å²) in [6, 6.07) is 26.5. The van der Waals surface area contributed by atoms with Gasteiger partial charge in [-0.25, -0.2) is 15.0 Å². The monoisotopic (exact) mass is 845 g/mol. The van der Waals surface area contributed by atoms with Crippen molar-refractivity contribution in [3.05, 3.63) is 118 Å². The van der Waals surface area contributed by atoms with Gasteiger partial charge < -0.3 is 20.1 Å². The van der Waals surface area contributed by atoms with Crippen LogP contribution in [0.5, 0.6) is 17.2 Å². The lowest BCUT2D eigenvalue weighted by molar-refractivity contribution is 0.287. The molecule has 7 nitrogen and oxygen atoms in total. The molecule has 1 aliphatic carbocycles. The van der Waals surface area contributed by atoms with Crippen LogP contribution in [-0.4, -0.2) is 124 Å². The molecule has 0 saturated carbocycles. The van der Waals surface area contributed by atoms with Crippen LogP contribution in [0.4, 0.5) is 0 Å². The number of allylic oxidation sites excluding steroid dienone is 5. The normalized spacial score (nSPS) is 13.2. The first kappa shape index (κ1) is 44.9. The Morgan fingerprint density at radius 1 is 0.485 bits per heavy atom. The fourth-order valence-corrected chi connectivity index (χ4v) is 9.58. The lowest BCUT2D eigenvalue weighted by Gasteiger charge is -2.22. The van der Waals surface area contributed by atoms with Crippen molar-refractivity contribution in [2.24, 2.45) is 0 Å². The largest absolute Gasteiger partial charge is 0.509 e. The fraction of sp³-hybridized carbons (Fsp3) is 0.0426. The van der Waals surface area contributed by atoms with Gasteiger partial charge in [-0.1, -0.05) is 123 Å². The quantitative estimate of drug-likeness (QED) is 0.207. The number of fused-ring (bicyclic) bond motifs is 3. The highest BCUT2D eigenvalue weighted by molar-refractivity contribution is 7.28. The zero-order valence-corrected chi connectivity index (χ0v) is 36.0. The van der Waals surface area contributed by atoms with Crippen LogP contribution in [0, 0.1) is 0 Å². The molecular weight excluding hydrogens is 822 g/mol. The summed E-state index contributed by atoms with van der Waals surface area (Å²) in [5.74, 6) is -1.54. The predicted octanol–water partition coefficient (Wildman–Crippen LogP) is 1.11. The molecule has 0 saturated heterocycles. The second kappa shape index (κ2) is 17.2. The van der Waals surface area contributed by atoms with Gasteiger partial charge in [0.05, 0.1) is 18.2 Å². The highest BCUT2D eigenvalue weighted by atomic mass is 32.1. The van der Waals surface area contributed by atoms with Crippen molar-refractivity contribution in [2.45, 2.75) is 6.42 Å².